The molecule has 0 saturated carbocycles. The summed E-state index contributed by atoms with van der Waals surface area (Å²) in [6.45, 7) is -0.430. The highest BCUT2D eigenvalue weighted by Crippen LogP contribution is 2.23. The Morgan fingerprint density at radius 3 is 2.33 bits per heavy atom. The molecule has 0 radical (unpaired) electrons. The van der Waals surface area contributed by atoms with Crippen LogP contribution in [0.25, 0.3) is 0 Å². The molecule has 2 aromatic rings. The first-order valence-corrected chi connectivity index (χ1v) is 6.74. The van der Waals surface area contributed by atoms with Gasteiger partial charge < -0.3 is 14.9 Å². The SMILES string of the molecule is O=C(COC(=O)c1ccc(O)cc1O)c1ccc(Br)cc1. The molecule has 2 aromatic carbocycles. The summed E-state index contributed by atoms with van der Waals surface area (Å²) in [4.78, 5) is 23.6. The zero-order valence-corrected chi connectivity index (χ0v) is 12.3. The molecule has 108 valence electrons. The third-order valence-corrected chi connectivity index (χ3v) is 3.23. The number of aromatic hydroxyl groups is 2. The molecule has 0 fully saturated rings. The van der Waals surface area contributed by atoms with Gasteiger partial charge in [-0.2, -0.15) is 0 Å². The van der Waals surface area contributed by atoms with Gasteiger partial charge in [0.25, 0.3) is 0 Å². The summed E-state index contributed by atoms with van der Waals surface area (Å²) in [5, 5.41) is 18.7. The molecule has 0 saturated heterocycles. The van der Waals surface area contributed by atoms with E-state index in [1.54, 1.807) is 24.3 Å². The molecule has 0 unspecified atom stereocenters. The molecule has 0 aliphatic carbocycles. The summed E-state index contributed by atoms with van der Waals surface area (Å²) in [5.41, 5.74) is 0.303. The Hall–Kier alpha value is -2.34. The summed E-state index contributed by atoms with van der Waals surface area (Å²) in [6.07, 6.45) is 0. The van der Waals surface area contributed by atoms with Crippen LogP contribution in [0.15, 0.2) is 46.9 Å². The molecule has 0 aromatic heterocycles. The minimum absolute atomic E-state index is 0.114. The van der Waals surface area contributed by atoms with Crippen LogP contribution in [-0.2, 0) is 4.74 Å². The minimum Gasteiger partial charge on any atom is -0.508 e. The zero-order valence-electron chi connectivity index (χ0n) is 10.7. The highest BCUT2D eigenvalue weighted by atomic mass is 79.9. The number of ketones is 1. The van der Waals surface area contributed by atoms with Crippen molar-refractivity contribution >= 4 is 27.7 Å². The van der Waals surface area contributed by atoms with Gasteiger partial charge in [0.05, 0.1) is 0 Å². The summed E-state index contributed by atoms with van der Waals surface area (Å²) in [7, 11) is 0. The number of carbonyl (C=O) groups excluding carboxylic acids is 2. The van der Waals surface area contributed by atoms with Gasteiger partial charge in [0.1, 0.15) is 17.1 Å². The topological polar surface area (TPSA) is 83.8 Å². The predicted octanol–water partition coefficient (Wildman–Crippen LogP) is 2.90. The van der Waals surface area contributed by atoms with Crippen molar-refractivity contribution in [3.05, 3.63) is 58.1 Å². The number of carbonyl (C=O) groups is 2. The Bertz CT molecular complexity index is 679. The van der Waals surface area contributed by atoms with E-state index >= 15 is 0 Å². The molecular weight excluding hydrogens is 340 g/mol. The van der Waals surface area contributed by atoms with Crippen molar-refractivity contribution < 1.29 is 24.5 Å². The van der Waals surface area contributed by atoms with Crippen molar-refractivity contribution in [2.24, 2.45) is 0 Å². The number of hydrogen-bond acceptors (Lipinski definition) is 5. The average Bonchev–Trinajstić information content (AvgIpc) is 2.45. The Morgan fingerprint density at radius 2 is 1.71 bits per heavy atom. The lowest BCUT2D eigenvalue weighted by atomic mass is 10.1. The number of ether oxygens (including phenoxy) is 1. The van der Waals surface area contributed by atoms with E-state index < -0.39 is 18.3 Å². The molecule has 0 bridgehead atoms. The largest absolute Gasteiger partial charge is 0.508 e. The molecule has 21 heavy (non-hydrogen) atoms. The van der Waals surface area contributed by atoms with E-state index in [2.05, 4.69) is 15.9 Å². The molecule has 0 atom stereocenters. The minimum atomic E-state index is -0.835. The lowest BCUT2D eigenvalue weighted by Gasteiger charge is -2.06. The second-order valence-electron chi connectivity index (χ2n) is 4.21. The van der Waals surface area contributed by atoms with Crippen LogP contribution in [-0.4, -0.2) is 28.6 Å². The molecule has 0 heterocycles. The van der Waals surface area contributed by atoms with Gasteiger partial charge in [0.2, 0.25) is 0 Å². The number of phenolic OH excluding ortho intramolecular Hbond substituents is 2. The highest BCUT2D eigenvalue weighted by molar-refractivity contribution is 9.10. The van der Waals surface area contributed by atoms with Crippen LogP contribution in [0.2, 0.25) is 0 Å². The van der Waals surface area contributed by atoms with Crippen molar-refractivity contribution in [2.45, 2.75) is 0 Å². The molecule has 2 rings (SSSR count). The number of phenols is 2. The van der Waals surface area contributed by atoms with E-state index in [1.165, 1.54) is 12.1 Å². The van der Waals surface area contributed by atoms with Crippen LogP contribution in [0.4, 0.5) is 0 Å². The van der Waals surface area contributed by atoms with Gasteiger partial charge in [0, 0.05) is 16.1 Å². The van der Waals surface area contributed by atoms with Crippen LogP contribution < -0.4 is 0 Å². The number of halogens is 1. The van der Waals surface area contributed by atoms with Crippen molar-refractivity contribution in [1.29, 1.82) is 0 Å². The second-order valence-corrected chi connectivity index (χ2v) is 5.12. The zero-order chi connectivity index (χ0) is 15.4. The Morgan fingerprint density at radius 1 is 1.05 bits per heavy atom. The van der Waals surface area contributed by atoms with Crippen LogP contribution in [0.1, 0.15) is 20.7 Å². The predicted molar refractivity (Wildman–Crippen MR) is 78.5 cm³/mol. The smallest absolute Gasteiger partial charge is 0.342 e. The van der Waals surface area contributed by atoms with Crippen LogP contribution in [0.3, 0.4) is 0 Å². The van der Waals surface area contributed by atoms with Gasteiger partial charge in [-0.15, -0.1) is 0 Å². The molecule has 2 N–H and O–H groups in total. The van der Waals surface area contributed by atoms with Crippen molar-refractivity contribution in [2.75, 3.05) is 6.61 Å². The first-order chi connectivity index (χ1) is 9.97. The Balaban J connectivity index is 2.00. The number of hydrogen-bond donors (Lipinski definition) is 2. The number of Topliss-reactive ketones (excluding diaryl/α,β-unsaturated/α-hetero) is 1. The summed E-state index contributed by atoms with van der Waals surface area (Å²) in [5.74, 6) is -1.77. The van der Waals surface area contributed by atoms with Gasteiger partial charge in [0.15, 0.2) is 12.4 Å². The molecule has 0 aliphatic heterocycles. The van der Waals surface area contributed by atoms with E-state index in [0.29, 0.717) is 5.56 Å². The lowest BCUT2D eigenvalue weighted by Crippen LogP contribution is -2.14. The van der Waals surface area contributed by atoms with Gasteiger partial charge >= 0.3 is 5.97 Å². The number of benzene rings is 2. The molecule has 0 aliphatic rings. The number of rotatable bonds is 4. The van der Waals surface area contributed by atoms with Gasteiger partial charge in [-0.05, 0) is 24.3 Å². The molecule has 0 amide bonds. The number of esters is 1. The fraction of sp³-hybridized carbons (Fsp3) is 0.0667. The molecule has 0 spiro atoms. The van der Waals surface area contributed by atoms with E-state index in [4.69, 9.17) is 9.84 Å². The summed E-state index contributed by atoms with van der Waals surface area (Å²) in [6, 6.07) is 10.1. The maximum atomic E-state index is 11.8. The first kappa shape index (κ1) is 15.1. The third kappa shape index (κ3) is 3.82. The maximum Gasteiger partial charge on any atom is 0.342 e. The fourth-order valence-electron chi connectivity index (χ4n) is 1.62. The van der Waals surface area contributed by atoms with Crippen LogP contribution in [0, 0.1) is 0 Å². The first-order valence-electron chi connectivity index (χ1n) is 5.95. The second kappa shape index (κ2) is 6.41. The Kier molecular flexibility index (Phi) is 4.59. The normalized spacial score (nSPS) is 10.1. The van der Waals surface area contributed by atoms with Crippen molar-refractivity contribution in [3.8, 4) is 11.5 Å². The Labute approximate surface area is 128 Å². The molecule has 6 heteroatoms. The molecule has 5 nitrogen and oxygen atoms in total. The standard InChI is InChI=1S/C15H11BrO5/c16-10-3-1-9(2-4-10)14(19)8-21-15(20)12-6-5-11(17)7-13(12)18/h1-7,17-18H,8H2. The maximum absolute atomic E-state index is 11.8. The highest BCUT2D eigenvalue weighted by Gasteiger charge is 2.15. The van der Waals surface area contributed by atoms with E-state index in [0.717, 1.165) is 10.5 Å². The monoisotopic (exact) mass is 350 g/mol. The lowest BCUT2D eigenvalue weighted by molar-refractivity contribution is 0.0472. The third-order valence-electron chi connectivity index (χ3n) is 2.70. The van der Waals surface area contributed by atoms with Gasteiger partial charge in [-0.1, -0.05) is 28.1 Å². The fourth-order valence-corrected chi connectivity index (χ4v) is 1.88. The average molecular weight is 351 g/mol. The van der Waals surface area contributed by atoms with E-state index in [1.807, 2.05) is 0 Å². The van der Waals surface area contributed by atoms with E-state index in [9.17, 15) is 14.7 Å². The summed E-state index contributed by atoms with van der Waals surface area (Å²) < 4.78 is 5.69. The van der Waals surface area contributed by atoms with Crippen LogP contribution in [0.5, 0.6) is 11.5 Å². The quantitative estimate of drug-likeness (QED) is 0.654. The van der Waals surface area contributed by atoms with Crippen LogP contribution >= 0.6 is 15.9 Å². The van der Waals surface area contributed by atoms with Gasteiger partial charge in [-0.25, -0.2) is 4.79 Å². The van der Waals surface area contributed by atoms with Crippen molar-refractivity contribution in [3.63, 3.8) is 0 Å². The van der Waals surface area contributed by atoms with E-state index in [-0.39, 0.29) is 17.1 Å². The van der Waals surface area contributed by atoms with Crippen molar-refractivity contribution in [1.82, 2.24) is 0 Å². The molecular formula is C15H11BrO5. The van der Waals surface area contributed by atoms with Gasteiger partial charge in [-0.3, -0.25) is 4.79 Å². The summed E-state index contributed by atoms with van der Waals surface area (Å²) >= 11 is 3.26.